The molecule has 2 heteroatoms. The molecule has 2 unspecified atom stereocenters. The molecule has 0 fully saturated rings. The minimum Gasteiger partial charge on any atom is -0.489 e. The maximum atomic E-state index is 6.46. The Morgan fingerprint density at radius 3 is 1.61 bits per heavy atom. The van der Waals surface area contributed by atoms with Gasteiger partial charge in [0.15, 0.2) is 0 Å². The average molecular weight is 806 g/mol. The summed E-state index contributed by atoms with van der Waals surface area (Å²) >= 11 is 0. The summed E-state index contributed by atoms with van der Waals surface area (Å²) in [5, 5.41) is 0. The topological polar surface area (TPSA) is 12.5 Å². The fraction of sp³-hybridized carbons (Fsp3) is 0.200. The number of benzene rings is 8. The molecule has 2 atom stereocenters. The normalized spacial score (nSPS) is 16.0. The summed E-state index contributed by atoms with van der Waals surface area (Å²) in [7, 11) is 0. The first-order valence-corrected chi connectivity index (χ1v) is 22.4. The van der Waals surface area contributed by atoms with Crippen LogP contribution >= 0.6 is 0 Å². The number of hydrogen-bond donors (Lipinski definition) is 0. The third-order valence-electron chi connectivity index (χ3n) is 14.0. The molecule has 0 aliphatic heterocycles. The fourth-order valence-corrected chi connectivity index (χ4v) is 10.3. The maximum absolute atomic E-state index is 6.46. The highest BCUT2D eigenvalue weighted by molar-refractivity contribution is 5.90. The molecule has 306 valence electrons. The molecule has 0 heterocycles. The molecule has 8 aromatic rings. The molecule has 2 nitrogen and oxygen atoms in total. The van der Waals surface area contributed by atoms with Crippen molar-refractivity contribution in [2.75, 3.05) is 4.90 Å². The van der Waals surface area contributed by atoms with Crippen LogP contribution in [0.1, 0.15) is 110 Å². The van der Waals surface area contributed by atoms with Crippen LogP contribution < -0.4 is 9.64 Å². The highest BCUT2D eigenvalue weighted by Gasteiger charge is 2.46. The molecule has 8 aromatic carbocycles. The van der Waals surface area contributed by atoms with Gasteiger partial charge in [-0.15, -0.1) is 0 Å². The van der Waals surface area contributed by atoms with E-state index in [2.05, 4.69) is 234 Å². The average Bonchev–Trinajstić information content (AvgIpc) is 3.74. The van der Waals surface area contributed by atoms with Crippen molar-refractivity contribution in [3.8, 4) is 28.0 Å². The van der Waals surface area contributed by atoms with E-state index >= 15 is 0 Å². The van der Waals surface area contributed by atoms with Crippen LogP contribution in [0.15, 0.2) is 188 Å². The van der Waals surface area contributed by atoms with Gasteiger partial charge in [0.1, 0.15) is 12.4 Å². The summed E-state index contributed by atoms with van der Waals surface area (Å²) in [6.07, 6.45) is 1.13. The Morgan fingerprint density at radius 2 is 0.984 bits per heavy atom. The number of hydrogen-bond acceptors (Lipinski definition) is 2. The molecule has 2 aliphatic rings. The lowest BCUT2D eigenvalue weighted by Crippen LogP contribution is -2.29. The van der Waals surface area contributed by atoms with Crippen LogP contribution in [0.25, 0.3) is 22.3 Å². The van der Waals surface area contributed by atoms with Gasteiger partial charge < -0.3 is 9.64 Å². The van der Waals surface area contributed by atoms with E-state index in [4.69, 9.17) is 4.74 Å². The third kappa shape index (κ3) is 6.47. The molecule has 0 bridgehead atoms. The molecule has 0 spiro atoms. The Balaban J connectivity index is 1.12. The molecule has 0 aromatic heterocycles. The third-order valence-corrected chi connectivity index (χ3v) is 14.0. The minimum atomic E-state index is -0.578. The van der Waals surface area contributed by atoms with Gasteiger partial charge in [-0.25, -0.2) is 0 Å². The van der Waals surface area contributed by atoms with Crippen LogP contribution in [0.3, 0.4) is 0 Å². The van der Waals surface area contributed by atoms with Crippen LogP contribution in [-0.4, -0.2) is 0 Å². The Kier molecular flexibility index (Phi) is 9.99. The Labute approximate surface area is 368 Å². The van der Waals surface area contributed by atoms with E-state index in [1.807, 2.05) is 0 Å². The van der Waals surface area contributed by atoms with Crippen LogP contribution in [0, 0.1) is 0 Å². The summed E-state index contributed by atoms with van der Waals surface area (Å²) in [5.41, 5.74) is 19.6. The molecule has 2 aliphatic carbocycles. The SMILES string of the molecule is CCC(C)c1ccc(COc2ccc(C3(c4ccc(C(C)C)cc4)c4ccccc4-c4ccc(N(c5ccccc5)c5ccc6c(c5)C(C)(C)c5ccccc5-6)cc43)cc2)cc1. The van der Waals surface area contributed by atoms with E-state index < -0.39 is 5.41 Å². The largest absolute Gasteiger partial charge is 0.489 e. The number of anilines is 3. The van der Waals surface area contributed by atoms with Crippen molar-refractivity contribution in [1.82, 2.24) is 0 Å². The van der Waals surface area contributed by atoms with Gasteiger partial charge in [0.05, 0.1) is 5.41 Å². The van der Waals surface area contributed by atoms with Gasteiger partial charge in [-0.3, -0.25) is 0 Å². The van der Waals surface area contributed by atoms with E-state index in [1.54, 1.807) is 0 Å². The summed E-state index contributed by atoms with van der Waals surface area (Å²) in [6.45, 7) is 14.3. The molecule has 0 saturated carbocycles. The molecular formula is C60H55NO. The molecule has 0 N–H and O–H groups in total. The molecule has 0 amide bonds. The van der Waals surface area contributed by atoms with Gasteiger partial charge in [-0.05, 0) is 139 Å². The predicted molar refractivity (Wildman–Crippen MR) is 260 cm³/mol. The first-order valence-electron chi connectivity index (χ1n) is 22.4. The quantitative estimate of drug-likeness (QED) is 0.129. The summed E-state index contributed by atoms with van der Waals surface area (Å²) < 4.78 is 6.46. The van der Waals surface area contributed by atoms with E-state index in [0.29, 0.717) is 18.4 Å². The van der Waals surface area contributed by atoms with Crippen molar-refractivity contribution in [2.45, 2.75) is 77.2 Å². The van der Waals surface area contributed by atoms with Crippen molar-refractivity contribution in [2.24, 2.45) is 0 Å². The van der Waals surface area contributed by atoms with Crippen molar-refractivity contribution in [1.29, 1.82) is 0 Å². The second-order valence-electron chi connectivity index (χ2n) is 18.2. The first-order chi connectivity index (χ1) is 30.2. The lowest BCUT2D eigenvalue weighted by Gasteiger charge is -2.35. The summed E-state index contributed by atoms with van der Waals surface area (Å²) in [6, 6.07) is 70.2. The monoisotopic (exact) mass is 805 g/mol. The van der Waals surface area contributed by atoms with Gasteiger partial charge in [0.25, 0.3) is 0 Å². The second-order valence-corrected chi connectivity index (χ2v) is 18.2. The van der Waals surface area contributed by atoms with Crippen LogP contribution in [0.2, 0.25) is 0 Å². The van der Waals surface area contributed by atoms with Crippen molar-refractivity contribution in [3.63, 3.8) is 0 Å². The van der Waals surface area contributed by atoms with E-state index in [9.17, 15) is 0 Å². The number of ether oxygens (including phenoxy) is 1. The Morgan fingerprint density at radius 1 is 0.468 bits per heavy atom. The van der Waals surface area contributed by atoms with E-state index in [-0.39, 0.29) is 5.41 Å². The highest BCUT2D eigenvalue weighted by atomic mass is 16.5. The van der Waals surface area contributed by atoms with Gasteiger partial charge in [0, 0.05) is 22.5 Å². The first kappa shape index (κ1) is 39.5. The number of fused-ring (bicyclic) bond motifs is 6. The minimum absolute atomic E-state index is 0.116. The molecule has 0 saturated heterocycles. The lowest BCUT2D eigenvalue weighted by molar-refractivity contribution is 0.306. The molecule has 10 rings (SSSR count). The molecule has 62 heavy (non-hydrogen) atoms. The molecular weight excluding hydrogens is 751 g/mol. The number of nitrogens with zero attached hydrogens (tertiary/aromatic N) is 1. The molecule has 0 radical (unpaired) electrons. The Bertz CT molecular complexity index is 2890. The second kappa shape index (κ2) is 15.7. The van der Waals surface area contributed by atoms with Crippen molar-refractivity contribution in [3.05, 3.63) is 238 Å². The van der Waals surface area contributed by atoms with Gasteiger partial charge >= 0.3 is 0 Å². The van der Waals surface area contributed by atoms with Crippen LogP contribution in [-0.2, 0) is 17.4 Å². The van der Waals surface area contributed by atoms with Crippen LogP contribution in [0.5, 0.6) is 5.75 Å². The highest BCUT2D eigenvalue weighted by Crippen LogP contribution is 2.58. The van der Waals surface area contributed by atoms with E-state index in [1.165, 1.54) is 72.3 Å². The number of rotatable bonds is 11. The van der Waals surface area contributed by atoms with E-state index in [0.717, 1.165) is 29.2 Å². The summed E-state index contributed by atoms with van der Waals surface area (Å²) in [5.74, 6) is 1.85. The predicted octanol–water partition coefficient (Wildman–Crippen LogP) is 16.0. The van der Waals surface area contributed by atoms with Gasteiger partial charge in [-0.2, -0.15) is 0 Å². The smallest absolute Gasteiger partial charge is 0.119 e. The zero-order valence-electron chi connectivity index (χ0n) is 36.8. The summed E-state index contributed by atoms with van der Waals surface area (Å²) in [4.78, 5) is 2.45. The standard InChI is InChI=1S/C60H55NO/c1-7-41(4)44-23-21-42(22-24-44)39-62-50-33-29-46(30-34-50)60(45-27-25-43(26-28-45)40(2)3)56-20-14-12-18-52(56)54-36-32-49(38-58(54)60)61(47-15-9-8-10-16-47)48-31-35-53-51-17-11-13-19-55(51)59(5,6)57(53)37-48/h8-38,40-41H,7,39H2,1-6H3. The Hall–Kier alpha value is -6.64. The lowest BCUT2D eigenvalue weighted by atomic mass is 9.67. The van der Waals surface area contributed by atoms with Crippen molar-refractivity contribution < 1.29 is 4.74 Å². The van der Waals surface area contributed by atoms with Crippen molar-refractivity contribution >= 4 is 17.1 Å². The van der Waals surface area contributed by atoms with Crippen LogP contribution in [0.4, 0.5) is 17.1 Å². The zero-order valence-corrected chi connectivity index (χ0v) is 36.8. The van der Waals surface area contributed by atoms with Gasteiger partial charge in [0.2, 0.25) is 0 Å². The van der Waals surface area contributed by atoms with Gasteiger partial charge in [-0.1, -0.05) is 181 Å². The number of para-hydroxylation sites is 1. The maximum Gasteiger partial charge on any atom is 0.119 e. The zero-order chi connectivity index (χ0) is 42.6. The fourth-order valence-electron chi connectivity index (χ4n) is 10.3.